The molecular formula is C23H22N2O5S. The minimum absolute atomic E-state index is 0.179. The Kier molecular flexibility index (Phi) is 5.90. The van der Waals surface area contributed by atoms with Crippen molar-refractivity contribution < 1.29 is 23.9 Å². The molecule has 0 atom stereocenters. The molecular weight excluding hydrogens is 416 g/mol. The highest BCUT2D eigenvalue weighted by Crippen LogP contribution is 2.38. The van der Waals surface area contributed by atoms with Gasteiger partial charge in [-0.15, -0.1) is 11.3 Å². The number of benzene rings is 2. The molecule has 2 heterocycles. The van der Waals surface area contributed by atoms with Crippen molar-refractivity contribution >= 4 is 45.1 Å². The van der Waals surface area contributed by atoms with Gasteiger partial charge in [0.1, 0.15) is 5.00 Å². The molecule has 0 radical (unpaired) electrons. The van der Waals surface area contributed by atoms with Gasteiger partial charge < -0.3 is 19.7 Å². The van der Waals surface area contributed by atoms with Crippen LogP contribution in [0.1, 0.15) is 26.4 Å². The first-order valence-electron chi connectivity index (χ1n) is 9.84. The van der Waals surface area contributed by atoms with Gasteiger partial charge in [0, 0.05) is 11.4 Å². The van der Waals surface area contributed by atoms with Crippen LogP contribution >= 0.6 is 11.3 Å². The predicted octanol–water partition coefficient (Wildman–Crippen LogP) is 3.99. The van der Waals surface area contributed by atoms with E-state index in [9.17, 15) is 14.4 Å². The van der Waals surface area contributed by atoms with E-state index in [0.717, 1.165) is 26.8 Å². The van der Waals surface area contributed by atoms with Gasteiger partial charge in [-0.2, -0.15) is 0 Å². The molecule has 7 nitrogen and oxygen atoms in total. The van der Waals surface area contributed by atoms with Crippen LogP contribution in [0.4, 0.5) is 9.80 Å². The van der Waals surface area contributed by atoms with Gasteiger partial charge in [0.2, 0.25) is 5.91 Å². The van der Waals surface area contributed by atoms with Gasteiger partial charge in [0.25, 0.3) is 0 Å². The summed E-state index contributed by atoms with van der Waals surface area (Å²) >= 11 is 1.30. The van der Waals surface area contributed by atoms with E-state index in [1.54, 1.807) is 4.90 Å². The fraction of sp³-hybridized carbons (Fsp3) is 0.261. The van der Waals surface area contributed by atoms with Crippen LogP contribution in [0.5, 0.6) is 0 Å². The average molecular weight is 439 g/mol. The Morgan fingerprint density at radius 2 is 1.84 bits per heavy atom. The highest BCUT2D eigenvalue weighted by Gasteiger charge is 2.31. The molecule has 1 N–H and O–H groups in total. The van der Waals surface area contributed by atoms with E-state index in [0.29, 0.717) is 30.1 Å². The maximum Gasteiger partial charge on any atom is 0.409 e. The number of rotatable bonds is 4. The zero-order valence-electron chi connectivity index (χ0n) is 17.3. The molecule has 8 heteroatoms. The number of ether oxygens (including phenoxy) is 2. The number of amides is 2. The van der Waals surface area contributed by atoms with E-state index in [2.05, 4.69) is 5.32 Å². The molecule has 160 valence electrons. The van der Waals surface area contributed by atoms with Gasteiger partial charge in [-0.3, -0.25) is 4.79 Å². The molecule has 31 heavy (non-hydrogen) atoms. The molecule has 0 fully saturated rings. The van der Waals surface area contributed by atoms with Crippen molar-refractivity contribution in [3.05, 3.63) is 64.0 Å². The zero-order chi connectivity index (χ0) is 22.0. The van der Waals surface area contributed by atoms with Crippen molar-refractivity contribution in [1.29, 1.82) is 0 Å². The fourth-order valence-electron chi connectivity index (χ4n) is 3.88. The number of thiophene rings is 1. The number of esters is 1. The number of hydrogen-bond acceptors (Lipinski definition) is 6. The molecule has 2 aromatic carbocycles. The van der Waals surface area contributed by atoms with Crippen molar-refractivity contribution in [3.63, 3.8) is 0 Å². The fourth-order valence-corrected chi connectivity index (χ4v) is 5.15. The minimum Gasteiger partial charge on any atom is -0.465 e. The Bertz CT molecular complexity index is 1160. The zero-order valence-corrected chi connectivity index (χ0v) is 18.1. The van der Waals surface area contributed by atoms with Gasteiger partial charge in [0.05, 0.1) is 32.7 Å². The second kappa shape index (κ2) is 8.77. The van der Waals surface area contributed by atoms with Gasteiger partial charge in [-0.25, -0.2) is 9.59 Å². The van der Waals surface area contributed by atoms with Crippen LogP contribution in [-0.4, -0.2) is 43.6 Å². The van der Waals surface area contributed by atoms with E-state index < -0.39 is 12.1 Å². The maximum atomic E-state index is 12.9. The monoisotopic (exact) mass is 438 g/mol. The topological polar surface area (TPSA) is 84.9 Å². The Balaban J connectivity index is 1.60. The maximum absolute atomic E-state index is 12.9. The molecule has 4 rings (SSSR count). The first kappa shape index (κ1) is 20.9. The Morgan fingerprint density at radius 3 is 2.61 bits per heavy atom. The van der Waals surface area contributed by atoms with Crippen molar-refractivity contribution in [2.45, 2.75) is 19.4 Å². The third kappa shape index (κ3) is 4.11. The summed E-state index contributed by atoms with van der Waals surface area (Å²) in [5.41, 5.74) is 2.10. The summed E-state index contributed by atoms with van der Waals surface area (Å²) in [4.78, 5) is 39.7. The van der Waals surface area contributed by atoms with Gasteiger partial charge >= 0.3 is 12.1 Å². The smallest absolute Gasteiger partial charge is 0.409 e. The lowest BCUT2D eigenvalue weighted by Gasteiger charge is -2.25. The van der Waals surface area contributed by atoms with E-state index in [1.807, 2.05) is 42.5 Å². The number of nitrogens with one attached hydrogen (secondary N) is 1. The van der Waals surface area contributed by atoms with Gasteiger partial charge in [-0.1, -0.05) is 42.5 Å². The molecule has 0 unspecified atom stereocenters. The van der Waals surface area contributed by atoms with Crippen LogP contribution in [0, 0.1) is 0 Å². The van der Waals surface area contributed by atoms with E-state index in [4.69, 9.17) is 9.47 Å². The Labute approximate surface area is 183 Å². The Morgan fingerprint density at radius 1 is 1.06 bits per heavy atom. The molecule has 1 aliphatic heterocycles. The lowest BCUT2D eigenvalue weighted by molar-refractivity contribution is -0.115. The third-order valence-electron chi connectivity index (χ3n) is 5.36. The highest BCUT2D eigenvalue weighted by molar-refractivity contribution is 7.17. The summed E-state index contributed by atoms with van der Waals surface area (Å²) in [5, 5.41) is 5.44. The second-order valence-electron chi connectivity index (χ2n) is 7.20. The van der Waals surface area contributed by atoms with Crippen molar-refractivity contribution in [3.8, 4) is 0 Å². The lowest BCUT2D eigenvalue weighted by Crippen LogP contribution is -2.35. The summed E-state index contributed by atoms with van der Waals surface area (Å²) in [7, 11) is 2.66. The second-order valence-corrected chi connectivity index (χ2v) is 8.31. The van der Waals surface area contributed by atoms with Crippen LogP contribution in [0.3, 0.4) is 0 Å². The summed E-state index contributed by atoms with van der Waals surface area (Å²) < 4.78 is 9.77. The number of nitrogens with zero attached hydrogens (tertiary/aromatic N) is 1. The molecule has 0 spiro atoms. The average Bonchev–Trinajstić information content (AvgIpc) is 3.15. The van der Waals surface area contributed by atoms with Crippen LogP contribution in [-0.2, 0) is 33.7 Å². The van der Waals surface area contributed by atoms with Gasteiger partial charge in [-0.05, 0) is 28.3 Å². The number of hydrogen-bond donors (Lipinski definition) is 1. The Hall–Kier alpha value is -3.39. The third-order valence-corrected chi connectivity index (χ3v) is 6.50. The lowest BCUT2D eigenvalue weighted by atomic mass is 10.0. The molecule has 1 aliphatic rings. The van der Waals surface area contributed by atoms with Crippen molar-refractivity contribution in [1.82, 2.24) is 4.90 Å². The molecule has 0 aliphatic carbocycles. The van der Waals surface area contributed by atoms with Crippen molar-refractivity contribution in [2.24, 2.45) is 0 Å². The largest absolute Gasteiger partial charge is 0.465 e. The SMILES string of the molecule is COC(=O)c1c(NC(=O)Cc2cccc3ccccc23)sc2c1CCN(C(=O)OC)C2. The highest BCUT2D eigenvalue weighted by atomic mass is 32.1. The molecule has 0 bridgehead atoms. The summed E-state index contributed by atoms with van der Waals surface area (Å²) in [6.07, 6.45) is 0.254. The molecule has 3 aromatic rings. The van der Waals surface area contributed by atoms with Crippen LogP contribution < -0.4 is 5.32 Å². The quantitative estimate of drug-likeness (QED) is 0.623. The standard InChI is InChI=1S/C23H22N2O5S/c1-29-22(27)20-17-10-11-25(23(28)30-2)13-18(17)31-21(20)24-19(26)12-15-8-5-7-14-6-3-4-9-16(14)15/h3-9H,10-13H2,1-2H3,(H,24,26). The summed E-state index contributed by atoms with van der Waals surface area (Å²) in [6.45, 7) is 0.764. The summed E-state index contributed by atoms with van der Waals surface area (Å²) in [6, 6.07) is 13.8. The number of carbonyl (C=O) groups excluding carboxylic acids is 3. The van der Waals surface area contributed by atoms with Crippen LogP contribution in [0.2, 0.25) is 0 Å². The van der Waals surface area contributed by atoms with Crippen LogP contribution in [0.25, 0.3) is 10.8 Å². The molecule has 2 amide bonds. The van der Waals surface area contributed by atoms with E-state index >= 15 is 0 Å². The van der Waals surface area contributed by atoms with E-state index in [1.165, 1.54) is 25.6 Å². The minimum atomic E-state index is -0.496. The normalized spacial score (nSPS) is 12.9. The summed E-state index contributed by atoms with van der Waals surface area (Å²) in [5.74, 6) is -0.714. The number of anilines is 1. The first-order chi connectivity index (χ1) is 15.0. The van der Waals surface area contributed by atoms with Crippen molar-refractivity contribution in [2.75, 3.05) is 26.1 Å². The molecule has 1 aromatic heterocycles. The molecule has 0 saturated carbocycles. The van der Waals surface area contributed by atoms with E-state index in [-0.39, 0.29) is 12.3 Å². The molecule has 0 saturated heterocycles. The van der Waals surface area contributed by atoms with Crippen LogP contribution in [0.15, 0.2) is 42.5 Å². The number of fused-ring (bicyclic) bond motifs is 2. The number of methoxy groups -OCH3 is 2. The van der Waals surface area contributed by atoms with Gasteiger partial charge in [0.15, 0.2) is 0 Å². The first-order valence-corrected chi connectivity index (χ1v) is 10.7. The number of carbonyl (C=O) groups is 3. The predicted molar refractivity (Wildman–Crippen MR) is 118 cm³/mol.